The van der Waals surface area contributed by atoms with Gasteiger partial charge in [-0.3, -0.25) is 0 Å². The van der Waals surface area contributed by atoms with Crippen molar-refractivity contribution < 1.29 is 18.6 Å². The molecule has 140 valence electrons. The third-order valence-electron chi connectivity index (χ3n) is 5.13. The van der Waals surface area contributed by atoms with Gasteiger partial charge >= 0.3 is 0 Å². The summed E-state index contributed by atoms with van der Waals surface area (Å²) in [5.74, 6) is -0.245. The lowest BCUT2D eigenvalue weighted by Gasteiger charge is -2.35. The van der Waals surface area contributed by atoms with E-state index >= 15 is 0 Å². The predicted molar refractivity (Wildman–Crippen MR) is 97.6 cm³/mol. The van der Waals surface area contributed by atoms with Crippen LogP contribution in [0.5, 0.6) is 5.75 Å². The van der Waals surface area contributed by atoms with Gasteiger partial charge in [0.05, 0.1) is 21.4 Å². The Morgan fingerprint density at radius 3 is 2.40 bits per heavy atom. The third kappa shape index (κ3) is 3.91. The molecule has 2 unspecified atom stereocenters. The maximum atomic E-state index is 12.6. The van der Waals surface area contributed by atoms with Crippen molar-refractivity contribution in [3.63, 3.8) is 0 Å². The van der Waals surface area contributed by atoms with Gasteiger partial charge in [-0.25, -0.2) is 12.7 Å². The number of piperidine rings is 1. The smallest absolute Gasteiger partial charge is 0.218 e. The molecule has 0 radical (unpaired) electrons. The van der Waals surface area contributed by atoms with E-state index in [9.17, 15) is 18.6 Å². The molecular formula is C16H22Cl2N2O4S. The first-order valence-electron chi connectivity index (χ1n) is 8.36. The van der Waals surface area contributed by atoms with Gasteiger partial charge in [0.25, 0.3) is 0 Å². The lowest BCUT2D eigenvalue weighted by molar-refractivity contribution is 0.0739. The van der Waals surface area contributed by atoms with Crippen molar-refractivity contribution in [3.05, 3.63) is 27.7 Å². The summed E-state index contributed by atoms with van der Waals surface area (Å²) in [6, 6.07) is 2.78. The lowest BCUT2D eigenvalue weighted by Crippen LogP contribution is -2.44. The standard InChI is InChI=1S/C16H22Cl2N2O4S/c17-13-7-12(15(21)8-14(13)18)16(22)10-2-5-20(6-3-10)25(23,24)11-1-4-19-9-11/h7-8,10-11,16,19,21-22H,1-6,9H2. The molecule has 25 heavy (non-hydrogen) atoms. The summed E-state index contributed by atoms with van der Waals surface area (Å²) < 4.78 is 26.8. The first kappa shape index (κ1) is 19.2. The van der Waals surface area contributed by atoms with E-state index in [1.807, 2.05) is 0 Å². The highest BCUT2D eigenvalue weighted by atomic mass is 35.5. The summed E-state index contributed by atoms with van der Waals surface area (Å²) >= 11 is 11.8. The Kier molecular flexibility index (Phi) is 5.82. The van der Waals surface area contributed by atoms with Crippen LogP contribution in [-0.4, -0.2) is 54.4 Å². The number of aliphatic hydroxyl groups is 1. The number of benzene rings is 1. The second-order valence-electron chi connectivity index (χ2n) is 6.67. The van der Waals surface area contributed by atoms with E-state index in [0.29, 0.717) is 44.5 Å². The number of hydrogen-bond acceptors (Lipinski definition) is 5. The normalized spacial score (nSPS) is 24.5. The van der Waals surface area contributed by atoms with Crippen LogP contribution in [-0.2, 0) is 10.0 Å². The molecule has 6 nitrogen and oxygen atoms in total. The topological polar surface area (TPSA) is 89.9 Å². The molecule has 1 aromatic rings. The summed E-state index contributed by atoms with van der Waals surface area (Å²) in [4.78, 5) is 0. The second-order valence-corrected chi connectivity index (χ2v) is 9.69. The van der Waals surface area contributed by atoms with E-state index in [4.69, 9.17) is 23.2 Å². The zero-order valence-corrected chi connectivity index (χ0v) is 16.0. The first-order chi connectivity index (χ1) is 11.8. The molecule has 0 amide bonds. The van der Waals surface area contributed by atoms with E-state index in [1.165, 1.54) is 16.4 Å². The molecular weight excluding hydrogens is 387 g/mol. The summed E-state index contributed by atoms with van der Waals surface area (Å²) in [6.07, 6.45) is 0.787. The van der Waals surface area contributed by atoms with Crippen LogP contribution in [0.3, 0.4) is 0 Å². The third-order valence-corrected chi connectivity index (χ3v) is 8.18. The summed E-state index contributed by atoms with van der Waals surface area (Å²) in [5.41, 5.74) is 0.329. The van der Waals surface area contributed by atoms with Crippen LogP contribution in [0.1, 0.15) is 30.9 Å². The van der Waals surface area contributed by atoms with Gasteiger partial charge in [0, 0.05) is 31.3 Å². The molecule has 0 aromatic heterocycles. The maximum Gasteiger partial charge on any atom is 0.218 e. The Hall–Kier alpha value is -0.570. The van der Waals surface area contributed by atoms with E-state index < -0.39 is 16.1 Å². The van der Waals surface area contributed by atoms with Gasteiger partial charge in [0.1, 0.15) is 5.75 Å². The van der Waals surface area contributed by atoms with Crippen molar-refractivity contribution in [2.75, 3.05) is 26.2 Å². The van der Waals surface area contributed by atoms with Gasteiger partial charge in [0.2, 0.25) is 10.0 Å². The molecule has 9 heteroatoms. The van der Waals surface area contributed by atoms with Crippen molar-refractivity contribution in [1.29, 1.82) is 0 Å². The van der Waals surface area contributed by atoms with Crippen LogP contribution in [0.4, 0.5) is 0 Å². The molecule has 3 N–H and O–H groups in total. The van der Waals surface area contributed by atoms with Gasteiger partial charge in [-0.1, -0.05) is 23.2 Å². The monoisotopic (exact) mass is 408 g/mol. The molecule has 2 saturated heterocycles. The fourth-order valence-corrected chi connectivity index (χ4v) is 5.80. The van der Waals surface area contributed by atoms with Crippen LogP contribution in [0, 0.1) is 5.92 Å². The van der Waals surface area contributed by atoms with Gasteiger partial charge in [0.15, 0.2) is 0 Å². The van der Waals surface area contributed by atoms with Crippen molar-refractivity contribution in [3.8, 4) is 5.75 Å². The Morgan fingerprint density at radius 2 is 1.80 bits per heavy atom. The van der Waals surface area contributed by atoms with Crippen LogP contribution in [0.15, 0.2) is 12.1 Å². The van der Waals surface area contributed by atoms with E-state index in [-0.39, 0.29) is 27.0 Å². The number of halogens is 2. The number of phenolic OH excluding ortho intramolecular Hbond substituents is 1. The number of nitrogens with zero attached hydrogens (tertiary/aromatic N) is 1. The largest absolute Gasteiger partial charge is 0.508 e. The van der Waals surface area contributed by atoms with Crippen LogP contribution in [0.25, 0.3) is 0 Å². The van der Waals surface area contributed by atoms with Gasteiger partial charge in [-0.2, -0.15) is 0 Å². The first-order valence-corrected chi connectivity index (χ1v) is 10.6. The van der Waals surface area contributed by atoms with Crippen LogP contribution < -0.4 is 5.32 Å². The minimum absolute atomic E-state index is 0.103. The highest BCUT2D eigenvalue weighted by Crippen LogP contribution is 2.39. The molecule has 2 aliphatic rings. The van der Waals surface area contributed by atoms with Crippen molar-refractivity contribution in [2.24, 2.45) is 5.92 Å². The second kappa shape index (κ2) is 7.58. The predicted octanol–water partition coefficient (Wildman–Crippen LogP) is 2.14. The lowest BCUT2D eigenvalue weighted by atomic mass is 9.88. The molecule has 2 fully saturated rings. The number of sulfonamides is 1. The van der Waals surface area contributed by atoms with E-state index in [2.05, 4.69) is 5.32 Å². The fraction of sp³-hybridized carbons (Fsp3) is 0.625. The maximum absolute atomic E-state index is 12.6. The van der Waals surface area contributed by atoms with Crippen molar-refractivity contribution in [2.45, 2.75) is 30.6 Å². The minimum atomic E-state index is -3.29. The molecule has 2 heterocycles. The number of nitrogens with one attached hydrogen (secondary N) is 1. The van der Waals surface area contributed by atoms with Gasteiger partial charge in [-0.05, 0) is 37.8 Å². The molecule has 0 bridgehead atoms. The highest BCUT2D eigenvalue weighted by Gasteiger charge is 2.37. The van der Waals surface area contributed by atoms with E-state index in [1.54, 1.807) is 0 Å². The SMILES string of the molecule is O=S(=O)(C1CCNC1)N1CCC(C(O)c2cc(Cl)c(Cl)cc2O)CC1. The van der Waals surface area contributed by atoms with Crippen LogP contribution in [0.2, 0.25) is 10.0 Å². The van der Waals surface area contributed by atoms with Crippen LogP contribution >= 0.6 is 23.2 Å². The molecule has 0 aliphatic carbocycles. The van der Waals surface area contributed by atoms with Gasteiger partial charge in [-0.15, -0.1) is 0 Å². The van der Waals surface area contributed by atoms with Crippen molar-refractivity contribution in [1.82, 2.24) is 9.62 Å². The number of rotatable bonds is 4. The van der Waals surface area contributed by atoms with Crippen molar-refractivity contribution >= 4 is 33.2 Å². The fourth-order valence-electron chi connectivity index (χ4n) is 3.58. The highest BCUT2D eigenvalue weighted by molar-refractivity contribution is 7.89. The molecule has 1 aromatic carbocycles. The molecule has 3 rings (SSSR count). The van der Waals surface area contributed by atoms with E-state index in [0.717, 1.165) is 6.54 Å². The molecule has 0 saturated carbocycles. The average Bonchev–Trinajstić information content (AvgIpc) is 3.13. The Balaban J connectivity index is 1.67. The zero-order chi connectivity index (χ0) is 18.2. The molecule has 0 spiro atoms. The number of hydrogen-bond donors (Lipinski definition) is 3. The summed E-state index contributed by atoms with van der Waals surface area (Å²) in [6.45, 7) is 1.99. The summed E-state index contributed by atoms with van der Waals surface area (Å²) in [5, 5.41) is 23.8. The Labute approximate surface area is 157 Å². The summed E-state index contributed by atoms with van der Waals surface area (Å²) in [7, 11) is -3.29. The molecule has 2 aliphatic heterocycles. The number of phenols is 1. The Bertz CT molecular complexity index is 730. The number of aromatic hydroxyl groups is 1. The quantitative estimate of drug-likeness (QED) is 0.709. The Morgan fingerprint density at radius 1 is 1.16 bits per heavy atom. The minimum Gasteiger partial charge on any atom is -0.508 e. The molecule has 2 atom stereocenters. The average molecular weight is 409 g/mol. The van der Waals surface area contributed by atoms with Gasteiger partial charge < -0.3 is 15.5 Å². The zero-order valence-electron chi connectivity index (χ0n) is 13.7. The number of aliphatic hydroxyl groups excluding tert-OH is 1.